The molecule has 3 aromatic rings. The molecular formula is C24H28FN5O2S. The van der Waals surface area contributed by atoms with Crippen LogP contribution in [0.2, 0.25) is 0 Å². The van der Waals surface area contributed by atoms with E-state index in [-0.39, 0.29) is 11.7 Å². The topological polar surface area (TPSA) is 66.4 Å². The summed E-state index contributed by atoms with van der Waals surface area (Å²) in [6.45, 7) is 3.91. The Hall–Kier alpha value is -3.04. The van der Waals surface area contributed by atoms with Gasteiger partial charge in [-0.3, -0.25) is 19.4 Å². The predicted molar refractivity (Wildman–Crippen MR) is 127 cm³/mol. The van der Waals surface area contributed by atoms with Crippen molar-refractivity contribution in [1.82, 2.24) is 24.6 Å². The van der Waals surface area contributed by atoms with Crippen molar-refractivity contribution in [3.8, 4) is 17.1 Å². The number of aromatic nitrogens is 3. The van der Waals surface area contributed by atoms with Gasteiger partial charge in [-0.05, 0) is 49.0 Å². The van der Waals surface area contributed by atoms with Crippen molar-refractivity contribution in [1.29, 1.82) is 0 Å². The lowest BCUT2D eigenvalue weighted by atomic mass is 10.2. The molecular weight excluding hydrogens is 441 g/mol. The molecule has 1 N–H and O–H groups in total. The van der Waals surface area contributed by atoms with E-state index >= 15 is 0 Å². The van der Waals surface area contributed by atoms with Crippen LogP contribution in [-0.4, -0.2) is 63.8 Å². The van der Waals surface area contributed by atoms with Gasteiger partial charge >= 0.3 is 0 Å². The minimum atomic E-state index is -0.181. The van der Waals surface area contributed by atoms with Crippen LogP contribution in [0.25, 0.3) is 11.4 Å². The number of carbonyl (C=O) groups is 1. The average molecular weight is 470 g/mol. The highest BCUT2D eigenvalue weighted by Gasteiger charge is 2.20. The molecule has 9 heteroatoms. The van der Waals surface area contributed by atoms with Crippen LogP contribution in [0.4, 0.5) is 4.39 Å². The molecule has 33 heavy (non-hydrogen) atoms. The second kappa shape index (κ2) is 10.7. The molecule has 4 rings (SSSR count). The highest BCUT2D eigenvalue weighted by atomic mass is 32.1. The Balaban J connectivity index is 1.35. The van der Waals surface area contributed by atoms with E-state index < -0.39 is 0 Å². The Morgan fingerprint density at radius 3 is 2.67 bits per heavy atom. The maximum absolute atomic E-state index is 14.0. The molecule has 1 amide bonds. The smallest absolute Gasteiger partial charge is 0.224 e. The van der Waals surface area contributed by atoms with E-state index in [4.69, 9.17) is 17.0 Å². The monoisotopic (exact) mass is 469 g/mol. The minimum Gasteiger partial charge on any atom is -0.497 e. The minimum absolute atomic E-state index is 0.0894. The second-order valence-corrected chi connectivity index (χ2v) is 8.47. The van der Waals surface area contributed by atoms with E-state index in [1.807, 2.05) is 45.9 Å². The Bertz CT molecular complexity index is 1140. The number of hydrogen-bond donors (Lipinski definition) is 1. The first kappa shape index (κ1) is 23.1. The molecule has 2 heterocycles. The quantitative estimate of drug-likeness (QED) is 0.532. The molecule has 2 aromatic carbocycles. The molecule has 0 unspecified atom stereocenters. The van der Waals surface area contributed by atoms with Crippen molar-refractivity contribution in [2.45, 2.75) is 25.9 Å². The molecule has 0 aliphatic carbocycles. The van der Waals surface area contributed by atoms with E-state index in [2.05, 4.69) is 15.1 Å². The Morgan fingerprint density at radius 2 is 1.91 bits per heavy atom. The van der Waals surface area contributed by atoms with Crippen LogP contribution in [0.3, 0.4) is 0 Å². The highest BCUT2D eigenvalue weighted by molar-refractivity contribution is 7.71. The molecule has 7 nitrogen and oxygen atoms in total. The van der Waals surface area contributed by atoms with Gasteiger partial charge in [0.1, 0.15) is 11.6 Å². The van der Waals surface area contributed by atoms with Crippen molar-refractivity contribution >= 4 is 18.1 Å². The fourth-order valence-electron chi connectivity index (χ4n) is 4.10. The first-order chi connectivity index (χ1) is 16.0. The van der Waals surface area contributed by atoms with Crippen LogP contribution < -0.4 is 4.74 Å². The Labute approximate surface area is 197 Å². The lowest BCUT2D eigenvalue weighted by Gasteiger charge is -2.22. The van der Waals surface area contributed by atoms with E-state index in [9.17, 15) is 9.18 Å². The summed E-state index contributed by atoms with van der Waals surface area (Å²) in [6, 6.07) is 14.4. The zero-order chi connectivity index (χ0) is 23.2. The van der Waals surface area contributed by atoms with Gasteiger partial charge in [-0.2, -0.15) is 5.10 Å². The van der Waals surface area contributed by atoms with Gasteiger partial charge in [-0.1, -0.05) is 18.2 Å². The fraction of sp³-hybridized carbons (Fsp3) is 0.375. The number of carbonyl (C=O) groups excluding carboxylic acids is 1. The van der Waals surface area contributed by atoms with Crippen LogP contribution in [0.5, 0.6) is 5.75 Å². The number of benzene rings is 2. The molecule has 174 valence electrons. The maximum Gasteiger partial charge on any atom is 0.224 e. The number of hydrogen-bond acceptors (Lipinski definition) is 5. The summed E-state index contributed by atoms with van der Waals surface area (Å²) in [7, 11) is 1.62. The van der Waals surface area contributed by atoms with Crippen molar-refractivity contribution in [2.24, 2.45) is 0 Å². The molecule has 1 aliphatic heterocycles. The number of nitrogens with zero attached hydrogens (tertiary/aromatic N) is 4. The van der Waals surface area contributed by atoms with E-state index in [0.29, 0.717) is 48.8 Å². The lowest BCUT2D eigenvalue weighted by molar-refractivity contribution is -0.131. The van der Waals surface area contributed by atoms with Crippen molar-refractivity contribution in [2.75, 3.05) is 33.3 Å². The number of ether oxygens (including phenoxy) is 1. The van der Waals surface area contributed by atoms with Gasteiger partial charge in [-0.25, -0.2) is 4.39 Å². The average Bonchev–Trinajstić information content (AvgIpc) is 3.04. The van der Waals surface area contributed by atoms with Gasteiger partial charge in [0.15, 0.2) is 10.6 Å². The zero-order valence-electron chi connectivity index (χ0n) is 18.7. The summed E-state index contributed by atoms with van der Waals surface area (Å²) < 4.78 is 21.6. The van der Waals surface area contributed by atoms with Gasteiger partial charge in [0.2, 0.25) is 5.91 Å². The molecule has 1 aliphatic rings. The van der Waals surface area contributed by atoms with Gasteiger partial charge in [-0.15, -0.1) is 0 Å². The van der Waals surface area contributed by atoms with Crippen LogP contribution in [0, 0.1) is 10.6 Å². The van der Waals surface area contributed by atoms with Gasteiger partial charge in [0.25, 0.3) is 0 Å². The third-order valence-corrected chi connectivity index (χ3v) is 6.26. The Morgan fingerprint density at radius 1 is 1.12 bits per heavy atom. The van der Waals surface area contributed by atoms with E-state index in [1.165, 1.54) is 6.07 Å². The first-order valence-corrected chi connectivity index (χ1v) is 11.5. The summed E-state index contributed by atoms with van der Waals surface area (Å²) in [4.78, 5) is 17.1. The van der Waals surface area contributed by atoms with Gasteiger partial charge < -0.3 is 9.64 Å². The number of aromatic amines is 1. The predicted octanol–water partition coefficient (Wildman–Crippen LogP) is 3.88. The lowest BCUT2D eigenvalue weighted by Crippen LogP contribution is -2.35. The third-order valence-electron chi connectivity index (χ3n) is 5.95. The molecule has 1 fully saturated rings. The van der Waals surface area contributed by atoms with Crippen molar-refractivity contribution in [3.63, 3.8) is 0 Å². The summed E-state index contributed by atoms with van der Waals surface area (Å²) in [5.74, 6) is 1.37. The van der Waals surface area contributed by atoms with Gasteiger partial charge in [0.05, 0.1) is 7.11 Å². The first-order valence-electron chi connectivity index (χ1n) is 11.1. The van der Waals surface area contributed by atoms with Crippen molar-refractivity contribution < 1.29 is 13.9 Å². The summed E-state index contributed by atoms with van der Waals surface area (Å²) in [5, 5.41) is 7.18. The van der Waals surface area contributed by atoms with Crippen LogP contribution in [0.15, 0.2) is 48.5 Å². The second-order valence-electron chi connectivity index (χ2n) is 8.08. The molecule has 0 spiro atoms. The van der Waals surface area contributed by atoms with Crippen molar-refractivity contribution in [3.05, 3.63) is 64.7 Å². The largest absolute Gasteiger partial charge is 0.497 e. The Kier molecular flexibility index (Phi) is 7.51. The standard InChI is InChI=1S/C24H28FN5O2S/c1-32-20-9-7-18(8-10-20)23-26-27-24(33)30(23)14-11-22(31)29-13-4-12-28(15-16-29)17-19-5-2-3-6-21(19)25/h2-3,5-10H,4,11-17H2,1H3,(H,27,33). The number of H-pyrrole nitrogens is 1. The number of rotatable bonds is 7. The fourth-order valence-corrected chi connectivity index (χ4v) is 4.32. The molecule has 1 saturated heterocycles. The molecule has 0 bridgehead atoms. The van der Waals surface area contributed by atoms with E-state index in [1.54, 1.807) is 13.2 Å². The summed E-state index contributed by atoms with van der Waals surface area (Å²) >= 11 is 5.40. The highest BCUT2D eigenvalue weighted by Crippen LogP contribution is 2.21. The number of halogens is 1. The number of nitrogens with one attached hydrogen (secondary N) is 1. The number of methoxy groups -OCH3 is 1. The molecule has 0 saturated carbocycles. The summed E-state index contributed by atoms with van der Waals surface area (Å²) in [6.07, 6.45) is 1.20. The molecule has 0 radical (unpaired) electrons. The molecule has 1 aromatic heterocycles. The van der Waals surface area contributed by atoms with Crippen LogP contribution in [0.1, 0.15) is 18.4 Å². The third kappa shape index (κ3) is 5.66. The normalized spacial score (nSPS) is 14.8. The van der Waals surface area contributed by atoms with E-state index in [0.717, 1.165) is 30.8 Å². The maximum atomic E-state index is 14.0. The zero-order valence-corrected chi connectivity index (χ0v) is 19.5. The van der Waals surface area contributed by atoms with Gasteiger partial charge in [0, 0.05) is 56.8 Å². The summed E-state index contributed by atoms with van der Waals surface area (Å²) in [5.41, 5.74) is 1.59. The molecule has 0 atom stereocenters. The SMILES string of the molecule is COc1ccc(-c2n[nH]c(=S)n2CCC(=O)N2CCCN(Cc3ccccc3F)CC2)cc1. The van der Waals surface area contributed by atoms with Crippen LogP contribution >= 0.6 is 12.2 Å². The number of amides is 1. The van der Waals surface area contributed by atoms with Crippen LogP contribution in [-0.2, 0) is 17.9 Å².